The van der Waals surface area contributed by atoms with Crippen molar-refractivity contribution in [1.82, 2.24) is 49.0 Å². The van der Waals surface area contributed by atoms with Gasteiger partial charge in [-0.3, -0.25) is 19.2 Å². The van der Waals surface area contributed by atoms with E-state index in [1.807, 2.05) is 186 Å². The van der Waals surface area contributed by atoms with Gasteiger partial charge in [-0.15, -0.1) is 0 Å². The zero-order chi connectivity index (χ0) is 68.1. The Morgan fingerprint density at radius 1 is 0.279 bits per heavy atom. The summed E-state index contributed by atoms with van der Waals surface area (Å²) >= 11 is 0. The molecular formula is C72H154N10O4. The van der Waals surface area contributed by atoms with Gasteiger partial charge in [0.05, 0.1) is 21.8 Å². The summed E-state index contributed by atoms with van der Waals surface area (Å²) in [5.74, 6) is 1.48. The summed E-state index contributed by atoms with van der Waals surface area (Å²) in [6.07, 6.45) is 20.6. The number of likely N-dealkylation sites (tertiary alicyclic amines) is 10. The number of carbonyl (C=O) groups excluding carboxylic acids is 4. The SMILES string of the molecule is C=C1CCCC2(CCN(C)CC2)N1C.CC.CC.CC.CC.CC.CC.CC.CC.CC.CC.CN1CCC2(CCC(=O)N2C)C1.CN1CCC2(CCCN(C)C2=O)C1.CN1CCC2(CCCN(C)C2=O)CC1.CN1CCCC2(CCN(C)C2=O)C1. The van der Waals surface area contributed by atoms with E-state index in [2.05, 4.69) is 78.3 Å². The lowest BCUT2D eigenvalue weighted by molar-refractivity contribution is -0.148. The van der Waals surface area contributed by atoms with Crippen molar-refractivity contribution in [2.24, 2.45) is 16.2 Å². The summed E-state index contributed by atoms with van der Waals surface area (Å²) in [7, 11) is 20.7. The molecule has 3 unspecified atom stereocenters. The van der Waals surface area contributed by atoms with E-state index in [4.69, 9.17) is 0 Å². The Kier molecular flexibility index (Phi) is 54.4. The predicted octanol–water partition coefficient (Wildman–Crippen LogP) is 14.7. The first kappa shape index (κ1) is 91.9. The predicted molar refractivity (Wildman–Crippen MR) is 379 cm³/mol. The molecule has 0 aromatic carbocycles. The molecule has 0 aromatic heterocycles. The van der Waals surface area contributed by atoms with Gasteiger partial charge < -0.3 is 49.0 Å². The molecule has 0 bridgehead atoms. The molecule has 0 N–H and O–H groups in total. The molecule has 3 atom stereocenters. The number of likely N-dealkylation sites (N-methyl/N-ethyl adjacent to an activating group) is 2. The number of nitrogens with zero attached hydrogens (tertiary/aromatic N) is 10. The van der Waals surface area contributed by atoms with Crippen LogP contribution in [0, 0.1) is 16.2 Å². The second kappa shape index (κ2) is 50.9. The van der Waals surface area contributed by atoms with Gasteiger partial charge in [0.1, 0.15) is 0 Å². The third-order valence-electron chi connectivity index (χ3n) is 18.5. The Morgan fingerprint density at radius 2 is 0.593 bits per heavy atom. The number of hydrogen-bond donors (Lipinski definition) is 0. The Hall–Kier alpha value is -2.78. The van der Waals surface area contributed by atoms with Crippen LogP contribution in [0.1, 0.15) is 254 Å². The van der Waals surface area contributed by atoms with Gasteiger partial charge in [-0.2, -0.15) is 0 Å². The molecule has 14 nitrogen and oxygen atoms in total. The fourth-order valence-electron chi connectivity index (χ4n) is 13.6. The normalized spacial score (nSPS) is 26.1. The van der Waals surface area contributed by atoms with Crippen molar-refractivity contribution in [2.45, 2.75) is 265 Å². The average Bonchev–Trinajstić information content (AvgIpc) is 1.78. The molecule has 0 saturated carbocycles. The Labute approximate surface area is 538 Å². The fourth-order valence-corrected chi connectivity index (χ4v) is 13.6. The lowest BCUT2D eigenvalue weighted by atomic mass is 9.72. The minimum atomic E-state index is -0.0122. The number of rotatable bonds is 0. The van der Waals surface area contributed by atoms with Crippen molar-refractivity contribution in [3.05, 3.63) is 12.3 Å². The third kappa shape index (κ3) is 27.4. The van der Waals surface area contributed by atoms with Gasteiger partial charge in [0, 0.05) is 112 Å². The molecule has 10 rings (SSSR count). The van der Waals surface area contributed by atoms with Crippen molar-refractivity contribution in [3.63, 3.8) is 0 Å². The van der Waals surface area contributed by atoms with Crippen LogP contribution in [0.5, 0.6) is 0 Å². The molecule has 10 heterocycles. The second-order valence-electron chi connectivity index (χ2n) is 23.3. The molecule has 0 aromatic rings. The van der Waals surface area contributed by atoms with Gasteiger partial charge in [0.2, 0.25) is 23.6 Å². The van der Waals surface area contributed by atoms with Crippen LogP contribution in [0.3, 0.4) is 0 Å². The van der Waals surface area contributed by atoms with Crippen LogP contribution in [0.25, 0.3) is 0 Å². The molecule has 5 spiro atoms. The van der Waals surface area contributed by atoms with Crippen molar-refractivity contribution in [3.8, 4) is 0 Å². The van der Waals surface area contributed by atoms with Crippen molar-refractivity contribution in [2.75, 3.05) is 156 Å². The highest BCUT2D eigenvalue weighted by molar-refractivity contribution is 5.85. The molecule has 4 amide bonds. The van der Waals surface area contributed by atoms with Crippen molar-refractivity contribution in [1.29, 1.82) is 0 Å². The van der Waals surface area contributed by atoms with E-state index in [9.17, 15) is 19.2 Å². The van der Waals surface area contributed by atoms with E-state index in [0.717, 1.165) is 136 Å². The van der Waals surface area contributed by atoms with Gasteiger partial charge in [-0.05, 0) is 171 Å². The van der Waals surface area contributed by atoms with Crippen LogP contribution in [0.2, 0.25) is 0 Å². The van der Waals surface area contributed by atoms with E-state index < -0.39 is 0 Å². The number of amides is 4. The van der Waals surface area contributed by atoms with Gasteiger partial charge in [-0.1, -0.05) is 145 Å². The van der Waals surface area contributed by atoms with E-state index in [1.165, 1.54) is 70.2 Å². The maximum atomic E-state index is 12.1. The van der Waals surface area contributed by atoms with Crippen LogP contribution >= 0.6 is 0 Å². The molecule has 0 aliphatic carbocycles. The molecule has 86 heavy (non-hydrogen) atoms. The van der Waals surface area contributed by atoms with Crippen molar-refractivity contribution >= 4 is 23.6 Å². The number of hydrogen-bond acceptors (Lipinski definition) is 10. The van der Waals surface area contributed by atoms with Gasteiger partial charge >= 0.3 is 0 Å². The molecule has 14 heteroatoms. The molecule has 0 radical (unpaired) electrons. The highest BCUT2D eigenvalue weighted by Gasteiger charge is 2.49. The molecule has 10 aliphatic heterocycles. The first-order chi connectivity index (χ1) is 41.2. The standard InChI is InChI=1S/C12H22N2.C11H20N2O.2C10H18N2O.C9H16N2O.10C2H6/c1-11-5-4-6-12(14(11)3)7-9-13(2)10-8-12;1-12-8-5-11(6-9-12)4-3-7-13(2)10(11)14;1-11-7-5-10(8-11)4-3-6-12(2)9(10)13;1-11-6-3-4-10(8-11)5-7-12(2)9(10)13;1-10-6-5-9(7-10)4-3-8(12)11(9)2;10*1-2/h1,4-10H2,2-3H3;3-9H2,1-2H3;2*3-8H2,1-2H3;3-7H2,1-2H3;10*1-2H3. The van der Waals surface area contributed by atoms with E-state index in [0.29, 0.717) is 29.2 Å². The molecule has 10 saturated heterocycles. The van der Waals surface area contributed by atoms with Crippen LogP contribution in [0.4, 0.5) is 0 Å². The zero-order valence-corrected chi connectivity index (χ0v) is 63.7. The average molecular weight is 1220 g/mol. The van der Waals surface area contributed by atoms with Crippen molar-refractivity contribution < 1.29 is 19.2 Å². The van der Waals surface area contributed by atoms with E-state index >= 15 is 0 Å². The van der Waals surface area contributed by atoms with Gasteiger partial charge in [0.25, 0.3) is 0 Å². The van der Waals surface area contributed by atoms with Crippen LogP contribution in [-0.4, -0.2) is 239 Å². The highest BCUT2D eigenvalue weighted by Crippen LogP contribution is 2.43. The monoisotopic (exact) mass is 1220 g/mol. The quantitative estimate of drug-likeness (QED) is 0.233. The Bertz CT molecular complexity index is 1690. The van der Waals surface area contributed by atoms with E-state index in [1.54, 1.807) is 0 Å². The smallest absolute Gasteiger partial charge is 0.229 e. The number of allylic oxidation sites excluding steroid dienone is 1. The third-order valence-corrected chi connectivity index (χ3v) is 18.5. The van der Waals surface area contributed by atoms with Crippen LogP contribution < -0.4 is 0 Å². The summed E-state index contributed by atoms with van der Waals surface area (Å²) in [5.41, 5.74) is 2.00. The fraction of sp³-hybridized carbons (Fsp3) is 0.917. The minimum absolute atomic E-state index is 0.0122. The maximum Gasteiger partial charge on any atom is 0.229 e. The van der Waals surface area contributed by atoms with Crippen LogP contribution in [0.15, 0.2) is 12.3 Å². The minimum Gasteiger partial charge on any atom is -0.373 e. The first-order valence-corrected chi connectivity index (χ1v) is 36.1. The number of piperidine rings is 6. The maximum absolute atomic E-state index is 12.1. The Balaban J connectivity index is -0.000000296. The van der Waals surface area contributed by atoms with Crippen LogP contribution in [-0.2, 0) is 19.2 Å². The topological polar surface area (TPSA) is 101 Å². The zero-order valence-electron chi connectivity index (χ0n) is 63.7. The lowest BCUT2D eigenvalue weighted by Gasteiger charge is -2.51. The van der Waals surface area contributed by atoms with E-state index in [-0.39, 0.29) is 21.8 Å². The van der Waals surface area contributed by atoms with Gasteiger partial charge in [-0.25, -0.2) is 0 Å². The highest BCUT2D eigenvalue weighted by atomic mass is 16.2. The second-order valence-corrected chi connectivity index (χ2v) is 23.3. The summed E-state index contributed by atoms with van der Waals surface area (Å²) in [4.78, 5) is 69.2. The first-order valence-electron chi connectivity index (χ1n) is 36.1. The summed E-state index contributed by atoms with van der Waals surface area (Å²) in [6, 6.07) is 0. The molecular weight excluding hydrogens is 1070 g/mol. The molecule has 10 fully saturated rings. The van der Waals surface area contributed by atoms with Gasteiger partial charge in [0.15, 0.2) is 0 Å². The number of carbonyl (C=O) groups is 4. The molecule has 516 valence electrons. The Morgan fingerprint density at radius 3 is 0.942 bits per heavy atom. The summed E-state index contributed by atoms with van der Waals surface area (Å²) in [6.45, 7) is 58.1. The largest absolute Gasteiger partial charge is 0.373 e. The molecule has 10 aliphatic rings. The summed E-state index contributed by atoms with van der Waals surface area (Å²) in [5, 5.41) is 0. The summed E-state index contributed by atoms with van der Waals surface area (Å²) < 4.78 is 0. The lowest BCUT2D eigenvalue weighted by Crippen LogP contribution is -2.54.